The zero-order valence-electron chi connectivity index (χ0n) is 11.7. The van der Waals surface area contributed by atoms with Crippen LogP contribution in [0.25, 0.3) is 0 Å². The van der Waals surface area contributed by atoms with E-state index in [-0.39, 0.29) is 6.04 Å². The fraction of sp³-hybridized carbons (Fsp3) is 0.267. The molecule has 1 unspecified atom stereocenters. The molecule has 0 bridgehead atoms. The monoisotopic (exact) mass is 336 g/mol. The standard InChI is InChI=1S/C15H17BrN2O2/c1-10(17-2)12-5-4-8-18-15(12)20-14-7-6-11(19-3)9-13(14)16/h4-10,17H,1-3H3. The summed E-state index contributed by atoms with van der Waals surface area (Å²) in [6, 6.07) is 9.63. The lowest BCUT2D eigenvalue weighted by Gasteiger charge is -2.15. The summed E-state index contributed by atoms with van der Waals surface area (Å²) in [5, 5.41) is 3.19. The molecule has 2 rings (SSSR count). The van der Waals surface area contributed by atoms with Crippen LogP contribution >= 0.6 is 15.9 Å². The Labute approximate surface area is 127 Å². The molecule has 0 saturated carbocycles. The van der Waals surface area contributed by atoms with Gasteiger partial charge < -0.3 is 14.8 Å². The lowest BCUT2D eigenvalue weighted by molar-refractivity contribution is 0.410. The topological polar surface area (TPSA) is 43.4 Å². The molecule has 1 aromatic heterocycles. The maximum absolute atomic E-state index is 5.91. The van der Waals surface area contributed by atoms with E-state index in [9.17, 15) is 0 Å². The van der Waals surface area contributed by atoms with E-state index < -0.39 is 0 Å². The molecule has 0 aliphatic rings. The van der Waals surface area contributed by atoms with Crippen LogP contribution in [0.3, 0.4) is 0 Å². The third kappa shape index (κ3) is 3.29. The normalized spacial score (nSPS) is 12.0. The number of hydrogen-bond donors (Lipinski definition) is 1. The molecule has 0 fully saturated rings. The van der Waals surface area contributed by atoms with Crippen molar-refractivity contribution in [3.8, 4) is 17.4 Å². The first kappa shape index (κ1) is 14.8. The van der Waals surface area contributed by atoms with Crippen LogP contribution in [-0.2, 0) is 0 Å². The molecule has 1 heterocycles. The Morgan fingerprint density at radius 1 is 1.30 bits per heavy atom. The third-order valence-electron chi connectivity index (χ3n) is 3.05. The van der Waals surface area contributed by atoms with E-state index in [2.05, 4.69) is 33.2 Å². The fourth-order valence-corrected chi connectivity index (χ4v) is 2.21. The number of nitrogens with zero attached hydrogens (tertiary/aromatic N) is 1. The van der Waals surface area contributed by atoms with E-state index in [4.69, 9.17) is 9.47 Å². The van der Waals surface area contributed by atoms with E-state index in [0.717, 1.165) is 15.8 Å². The summed E-state index contributed by atoms with van der Waals surface area (Å²) in [4.78, 5) is 4.31. The summed E-state index contributed by atoms with van der Waals surface area (Å²) in [7, 11) is 3.54. The van der Waals surface area contributed by atoms with Crippen molar-refractivity contribution < 1.29 is 9.47 Å². The fourth-order valence-electron chi connectivity index (χ4n) is 1.77. The van der Waals surface area contributed by atoms with Crippen molar-refractivity contribution in [2.75, 3.05) is 14.2 Å². The average molecular weight is 337 g/mol. The summed E-state index contributed by atoms with van der Waals surface area (Å²) >= 11 is 3.48. The number of hydrogen-bond acceptors (Lipinski definition) is 4. The zero-order valence-corrected chi connectivity index (χ0v) is 13.3. The number of aromatic nitrogens is 1. The first-order valence-electron chi connectivity index (χ1n) is 6.29. The van der Waals surface area contributed by atoms with Gasteiger partial charge in [0, 0.05) is 17.8 Å². The summed E-state index contributed by atoms with van der Waals surface area (Å²) < 4.78 is 11.9. The first-order valence-corrected chi connectivity index (χ1v) is 7.08. The second kappa shape index (κ2) is 6.72. The van der Waals surface area contributed by atoms with Gasteiger partial charge in [0.1, 0.15) is 11.5 Å². The van der Waals surface area contributed by atoms with Gasteiger partial charge >= 0.3 is 0 Å². The Hall–Kier alpha value is -1.59. The van der Waals surface area contributed by atoms with Gasteiger partial charge in [-0.2, -0.15) is 0 Å². The molecule has 0 radical (unpaired) electrons. The number of ether oxygens (including phenoxy) is 2. The van der Waals surface area contributed by atoms with E-state index in [0.29, 0.717) is 11.6 Å². The second-order valence-electron chi connectivity index (χ2n) is 4.31. The molecule has 1 aromatic carbocycles. The van der Waals surface area contributed by atoms with Gasteiger partial charge in [0.2, 0.25) is 5.88 Å². The molecule has 5 heteroatoms. The van der Waals surface area contributed by atoms with Crippen molar-refractivity contribution in [1.29, 1.82) is 0 Å². The maximum Gasteiger partial charge on any atom is 0.224 e. The van der Waals surface area contributed by atoms with Gasteiger partial charge in [0.15, 0.2) is 0 Å². The van der Waals surface area contributed by atoms with Gasteiger partial charge in [-0.25, -0.2) is 4.98 Å². The minimum atomic E-state index is 0.163. The SMILES string of the molecule is CNC(C)c1cccnc1Oc1ccc(OC)cc1Br. The quantitative estimate of drug-likeness (QED) is 0.898. The number of halogens is 1. The molecule has 0 saturated heterocycles. The predicted octanol–water partition coefficient (Wildman–Crippen LogP) is 3.93. The van der Waals surface area contributed by atoms with Crippen molar-refractivity contribution in [2.24, 2.45) is 0 Å². The van der Waals surface area contributed by atoms with Gasteiger partial charge in [0.25, 0.3) is 0 Å². The number of methoxy groups -OCH3 is 1. The second-order valence-corrected chi connectivity index (χ2v) is 5.16. The Morgan fingerprint density at radius 2 is 2.10 bits per heavy atom. The smallest absolute Gasteiger partial charge is 0.224 e. The summed E-state index contributed by atoms with van der Waals surface area (Å²) in [5.41, 5.74) is 1.01. The molecular formula is C15H17BrN2O2. The Kier molecular flexibility index (Phi) is 4.98. The third-order valence-corrected chi connectivity index (χ3v) is 3.67. The van der Waals surface area contributed by atoms with Crippen LogP contribution in [-0.4, -0.2) is 19.1 Å². The number of pyridine rings is 1. The molecule has 20 heavy (non-hydrogen) atoms. The van der Waals surface area contributed by atoms with Crippen LogP contribution in [0.4, 0.5) is 0 Å². The largest absolute Gasteiger partial charge is 0.497 e. The van der Waals surface area contributed by atoms with Crippen molar-refractivity contribution in [3.63, 3.8) is 0 Å². The average Bonchev–Trinajstić information content (AvgIpc) is 2.49. The minimum absolute atomic E-state index is 0.163. The Balaban J connectivity index is 2.30. The molecule has 4 nitrogen and oxygen atoms in total. The number of nitrogens with one attached hydrogen (secondary N) is 1. The maximum atomic E-state index is 5.91. The van der Waals surface area contributed by atoms with Gasteiger partial charge in [-0.3, -0.25) is 0 Å². The van der Waals surface area contributed by atoms with Gasteiger partial charge in [-0.15, -0.1) is 0 Å². The Morgan fingerprint density at radius 3 is 2.75 bits per heavy atom. The Bertz CT molecular complexity index is 590. The van der Waals surface area contributed by atoms with E-state index in [1.54, 1.807) is 13.3 Å². The molecule has 1 atom stereocenters. The molecule has 0 aliphatic heterocycles. The summed E-state index contributed by atoms with van der Waals surface area (Å²) in [6.45, 7) is 2.06. The molecule has 0 aliphatic carbocycles. The van der Waals surface area contributed by atoms with E-state index in [1.807, 2.05) is 37.4 Å². The van der Waals surface area contributed by atoms with Crippen molar-refractivity contribution in [3.05, 3.63) is 46.6 Å². The van der Waals surface area contributed by atoms with Gasteiger partial charge in [-0.05, 0) is 54.2 Å². The van der Waals surface area contributed by atoms with Gasteiger partial charge in [0.05, 0.1) is 11.6 Å². The molecule has 0 spiro atoms. The highest BCUT2D eigenvalue weighted by atomic mass is 79.9. The molecular weight excluding hydrogens is 320 g/mol. The van der Waals surface area contributed by atoms with Crippen molar-refractivity contribution in [1.82, 2.24) is 10.3 Å². The first-order chi connectivity index (χ1) is 9.65. The molecule has 106 valence electrons. The molecule has 2 aromatic rings. The highest BCUT2D eigenvalue weighted by Gasteiger charge is 2.13. The lowest BCUT2D eigenvalue weighted by atomic mass is 10.1. The van der Waals surface area contributed by atoms with Crippen LogP contribution < -0.4 is 14.8 Å². The summed E-state index contributed by atoms with van der Waals surface area (Å²) in [6.07, 6.45) is 1.72. The predicted molar refractivity (Wildman–Crippen MR) is 82.5 cm³/mol. The van der Waals surface area contributed by atoms with Crippen LogP contribution in [0.5, 0.6) is 17.4 Å². The van der Waals surface area contributed by atoms with E-state index in [1.165, 1.54) is 0 Å². The van der Waals surface area contributed by atoms with Crippen LogP contribution in [0.15, 0.2) is 41.0 Å². The lowest BCUT2D eigenvalue weighted by Crippen LogP contribution is -2.13. The van der Waals surface area contributed by atoms with Crippen molar-refractivity contribution in [2.45, 2.75) is 13.0 Å². The van der Waals surface area contributed by atoms with Crippen LogP contribution in [0, 0.1) is 0 Å². The summed E-state index contributed by atoms with van der Waals surface area (Å²) in [5.74, 6) is 2.07. The van der Waals surface area contributed by atoms with Crippen molar-refractivity contribution >= 4 is 15.9 Å². The minimum Gasteiger partial charge on any atom is -0.497 e. The number of rotatable bonds is 5. The highest BCUT2D eigenvalue weighted by Crippen LogP contribution is 2.34. The van der Waals surface area contributed by atoms with Crippen LogP contribution in [0.2, 0.25) is 0 Å². The number of benzene rings is 1. The zero-order chi connectivity index (χ0) is 14.5. The van der Waals surface area contributed by atoms with Gasteiger partial charge in [-0.1, -0.05) is 6.07 Å². The van der Waals surface area contributed by atoms with E-state index >= 15 is 0 Å². The molecule has 1 N–H and O–H groups in total. The highest BCUT2D eigenvalue weighted by molar-refractivity contribution is 9.10. The molecule has 0 amide bonds. The van der Waals surface area contributed by atoms with Crippen LogP contribution in [0.1, 0.15) is 18.5 Å².